The minimum Gasteiger partial charge on any atom is -0.361 e. The van der Waals surface area contributed by atoms with Gasteiger partial charge in [-0.3, -0.25) is 0 Å². The lowest BCUT2D eigenvalue weighted by molar-refractivity contribution is 0.358. The monoisotopic (exact) mass is 280 g/mol. The average Bonchev–Trinajstić information content (AvgIpc) is 2.68. The second-order valence-corrected chi connectivity index (χ2v) is 5.07. The Morgan fingerprint density at radius 1 is 1.38 bits per heavy atom. The zero-order chi connectivity index (χ0) is 11.5. The van der Waals surface area contributed by atoms with Gasteiger partial charge in [0.05, 0.1) is 0 Å². The van der Waals surface area contributed by atoms with Gasteiger partial charge in [-0.1, -0.05) is 22.9 Å². The van der Waals surface area contributed by atoms with Crippen LogP contribution in [0, 0.1) is 0 Å². The number of H-pyrrole nitrogens is 1. The molecule has 0 fully saturated rings. The molecule has 0 bridgehead atoms. The number of hydrogen-bond acceptors (Lipinski definition) is 1. The van der Waals surface area contributed by atoms with E-state index in [-0.39, 0.29) is 0 Å². The van der Waals surface area contributed by atoms with Gasteiger partial charge in [-0.2, -0.15) is 0 Å². The number of halogens is 1. The van der Waals surface area contributed by atoms with Crippen LogP contribution in [0.3, 0.4) is 0 Å². The summed E-state index contributed by atoms with van der Waals surface area (Å²) in [6, 6.07) is 6.38. The third kappa shape index (κ3) is 2.47. The Kier molecular flexibility index (Phi) is 3.66. The molecule has 1 aromatic carbocycles. The van der Waals surface area contributed by atoms with Crippen LogP contribution in [0.5, 0.6) is 0 Å². The molecule has 2 rings (SSSR count). The van der Waals surface area contributed by atoms with Crippen LogP contribution in [-0.2, 0) is 6.42 Å². The van der Waals surface area contributed by atoms with E-state index in [4.69, 9.17) is 0 Å². The summed E-state index contributed by atoms with van der Waals surface area (Å²) in [5.74, 6) is 0. The molecule has 0 saturated heterocycles. The van der Waals surface area contributed by atoms with Crippen LogP contribution in [0.2, 0.25) is 0 Å². The summed E-state index contributed by atoms with van der Waals surface area (Å²) in [6.07, 6.45) is 3.22. The molecule has 0 amide bonds. The molecule has 1 aromatic heterocycles. The molecule has 0 aliphatic heterocycles. The molecule has 0 radical (unpaired) electrons. The highest BCUT2D eigenvalue weighted by molar-refractivity contribution is 9.10. The molecule has 1 heterocycles. The third-order valence-electron chi connectivity index (χ3n) is 3.03. The van der Waals surface area contributed by atoms with Crippen molar-refractivity contribution in [2.45, 2.75) is 13.3 Å². The smallest absolute Gasteiger partial charge is 0.0457 e. The van der Waals surface area contributed by atoms with Crippen LogP contribution in [0.4, 0.5) is 0 Å². The minimum absolute atomic E-state index is 1.10. The van der Waals surface area contributed by atoms with Crippen molar-refractivity contribution in [3.63, 3.8) is 0 Å². The molecule has 0 saturated carbocycles. The van der Waals surface area contributed by atoms with Gasteiger partial charge in [-0.05, 0) is 43.8 Å². The van der Waals surface area contributed by atoms with E-state index in [0.717, 1.165) is 24.0 Å². The van der Waals surface area contributed by atoms with E-state index in [0.29, 0.717) is 0 Å². The molecule has 2 aromatic rings. The fourth-order valence-corrected chi connectivity index (χ4v) is 2.19. The summed E-state index contributed by atoms with van der Waals surface area (Å²) in [4.78, 5) is 5.65. The molecule has 2 nitrogen and oxygen atoms in total. The summed E-state index contributed by atoms with van der Waals surface area (Å²) in [7, 11) is 2.16. The van der Waals surface area contributed by atoms with Gasteiger partial charge in [0.25, 0.3) is 0 Å². The second-order valence-electron chi connectivity index (χ2n) is 4.15. The Morgan fingerprint density at radius 3 is 2.94 bits per heavy atom. The zero-order valence-corrected chi connectivity index (χ0v) is 11.3. The Morgan fingerprint density at radius 2 is 2.19 bits per heavy atom. The maximum absolute atomic E-state index is 3.52. The number of aromatic amines is 1. The van der Waals surface area contributed by atoms with Gasteiger partial charge in [0, 0.05) is 28.1 Å². The number of likely N-dealkylation sites (N-methyl/N-ethyl adjacent to an activating group) is 1. The van der Waals surface area contributed by atoms with Crippen LogP contribution in [0.1, 0.15) is 12.5 Å². The normalized spacial score (nSPS) is 11.5. The zero-order valence-electron chi connectivity index (χ0n) is 9.76. The molecule has 0 spiro atoms. The molecule has 16 heavy (non-hydrogen) atoms. The first-order valence-corrected chi connectivity index (χ1v) is 6.44. The van der Waals surface area contributed by atoms with E-state index in [1.54, 1.807) is 0 Å². The highest BCUT2D eigenvalue weighted by atomic mass is 79.9. The van der Waals surface area contributed by atoms with Crippen molar-refractivity contribution in [2.24, 2.45) is 0 Å². The van der Waals surface area contributed by atoms with Gasteiger partial charge in [0.15, 0.2) is 0 Å². The first-order chi connectivity index (χ1) is 7.70. The van der Waals surface area contributed by atoms with E-state index in [1.165, 1.54) is 16.5 Å². The first kappa shape index (κ1) is 11.7. The highest BCUT2D eigenvalue weighted by Gasteiger charge is 2.04. The van der Waals surface area contributed by atoms with Crippen LogP contribution in [-0.4, -0.2) is 30.0 Å². The SMILES string of the molecule is CCN(C)CCc1c[nH]c2ccc(Br)cc12. The maximum Gasteiger partial charge on any atom is 0.0457 e. The quantitative estimate of drug-likeness (QED) is 0.909. The summed E-state index contributed by atoms with van der Waals surface area (Å²) in [5.41, 5.74) is 2.62. The number of benzene rings is 1. The topological polar surface area (TPSA) is 19.0 Å². The largest absolute Gasteiger partial charge is 0.361 e. The number of nitrogens with one attached hydrogen (secondary N) is 1. The molecule has 86 valence electrons. The number of rotatable bonds is 4. The molecular formula is C13H17BrN2. The van der Waals surface area contributed by atoms with Crippen molar-refractivity contribution < 1.29 is 0 Å². The minimum atomic E-state index is 1.10. The molecule has 3 heteroatoms. The average molecular weight is 281 g/mol. The fraction of sp³-hybridized carbons (Fsp3) is 0.385. The summed E-state index contributed by atoms with van der Waals surface area (Å²) < 4.78 is 1.14. The van der Waals surface area contributed by atoms with E-state index in [9.17, 15) is 0 Å². The van der Waals surface area contributed by atoms with E-state index in [2.05, 4.69) is 64.2 Å². The lowest BCUT2D eigenvalue weighted by Gasteiger charge is -2.12. The Labute approximate surface area is 105 Å². The summed E-state index contributed by atoms with van der Waals surface area (Å²) >= 11 is 3.52. The van der Waals surface area contributed by atoms with Gasteiger partial charge in [-0.15, -0.1) is 0 Å². The van der Waals surface area contributed by atoms with Gasteiger partial charge < -0.3 is 9.88 Å². The van der Waals surface area contributed by atoms with Crippen molar-refractivity contribution in [3.05, 3.63) is 34.4 Å². The van der Waals surface area contributed by atoms with E-state index >= 15 is 0 Å². The van der Waals surface area contributed by atoms with Crippen LogP contribution in [0.25, 0.3) is 10.9 Å². The van der Waals surface area contributed by atoms with Crippen molar-refractivity contribution >= 4 is 26.8 Å². The number of hydrogen-bond donors (Lipinski definition) is 1. The third-order valence-corrected chi connectivity index (χ3v) is 3.53. The molecule has 0 aliphatic carbocycles. The lowest BCUT2D eigenvalue weighted by Crippen LogP contribution is -2.20. The Hall–Kier alpha value is -0.800. The van der Waals surface area contributed by atoms with Crippen LogP contribution >= 0.6 is 15.9 Å². The molecule has 0 atom stereocenters. The van der Waals surface area contributed by atoms with E-state index < -0.39 is 0 Å². The van der Waals surface area contributed by atoms with Gasteiger partial charge in [0.1, 0.15) is 0 Å². The van der Waals surface area contributed by atoms with E-state index in [1.807, 2.05) is 0 Å². The predicted molar refractivity (Wildman–Crippen MR) is 72.9 cm³/mol. The van der Waals surface area contributed by atoms with Crippen molar-refractivity contribution in [3.8, 4) is 0 Å². The highest BCUT2D eigenvalue weighted by Crippen LogP contribution is 2.23. The Bertz CT molecular complexity index is 476. The number of nitrogens with zero attached hydrogens (tertiary/aromatic N) is 1. The molecule has 0 aliphatic rings. The summed E-state index contributed by atoms with van der Waals surface area (Å²) in [6.45, 7) is 4.40. The van der Waals surface area contributed by atoms with Crippen LogP contribution in [0.15, 0.2) is 28.9 Å². The number of fused-ring (bicyclic) bond motifs is 1. The van der Waals surface area contributed by atoms with Crippen molar-refractivity contribution in [1.29, 1.82) is 0 Å². The second kappa shape index (κ2) is 5.02. The first-order valence-electron chi connectivity index (χ1n) is 5.64. The molecular weight excluding hydrogens is 264 g/mol. The van der Waals surface area contributed by atoms with Crippen molar-refractivity contribution in [1.82, 2.24) is 9.88 Å². The standard InChI is InChI=1S/C13H17BrN2/c1-3-16(2)7-6-10-9-15-13-5-4-11(14)8-12(10)13/h4-5,8-9,15H,3,6-7H2,1-2H3. The van der Waals surface area contributed by atoms with Gasteiger partial charge in [0.2, 0.25) is 0 Å². The van der Waals surface area contributed by atoms with Gasteiger partial charge >= 0.3 is 0 Å². The molecule has 0 unspecified atom stereocenters. The molecule has 1 N–H and O–H groups in total. The van der Waals surface area contributed by atoms with Crippen LogP contribution < -0.4 is 0 Å². The lowest BCUT2D eigenvalue weighted by atomic mass is 10.1. The fourth-order valence-electron chi connectivity index (χ4n) is 1.83. The van der Waals surface area contributed by atoms with Gasteiger partial charge in [-0.25, -0.2) is 0 Å². The summed E-state index contributed by atoms with van der Waals surface area (Å²) in [5, 5.41) is 1.33. The number of aromatic nitrogens is 1. The Balaban J connectivity index is 2.21. The maximum atomic E-state index is 3.52. The predicted octanol–water partition coefficient (Wildman–Crippen LogP) is 3.42. The van der Waals surface area contributed by atoms with Crippen molar-refractivity contribution in [2.75, 3.05) is 20.1 Å².